The number of hydrogen-bond donors (Lipinski definition) is 0. The molecule has 4 heteroatoms. The van der Waals surface area contributed by atoms with Crippen molar-refractivity contribution in [1.82, 2.24) is 9.38 Å². The summed E-state index contributed by atoms with van der Waals surface area (Å²) in [6, 6.07) is 10.3. The second-order valence-corrected chi connectivity index (χ2v) is 4.65. The van der Waals surface area contributed by atoms with Crippen LogP contribution in [0.5, 0.6) is 0 Å². The lowest BCUT2D eigenvalue weighted by molar-refractivity contribution is 0.628. The van der Waals surface area contributed by atoms with Gasteiger partial charge >= 0.3 is 0 Å². The van der Waals surface area contributed by atoms with Gasteiger partial charge in [0.2, 0.25) is 0 Å². The summed E-state index contributed by atoms with van der Waals surface area (Å²) in [6.07, 6.45) is 3.74. The van der Waals surface area contributed by atoms with E-state index in [2.05, 4.69) is 20.9 Å². The number of halogens is 2. The molecule has 0 N–H and O–H groups in total. The van der Waals surface area contributed by atoms with E-state index in [4.69, 9.17) is 0 Å². The summed E-state index contributed by atoms with van der Waals surface area (Å²) in [5.74, 6) is 0.567. The van der Waals surface area contributed by atoms with Crippen molar-refractivity contribution in [2.45, 2.75) is 0 Å². The molecule has 3 aromatic rings. The van der Waals surface area contributed by atoms with E-state index in [-0.39, 0.29) is 5.82 Å². The minimum Gasteiger partial charge on any atom is -0.299 e. The quantitative estimate of drug-likeness (QED) is 0.664. The van der Waals surface area contributed by atoms with Crippen molar-refractivity contribution in [3.05, 3.63) is 59.1 Å². The summed E-state index contributed by atoms with van der Waals surface area (Å²) >= 11 is 3.43. The molecule has 0 saturated carbocycles. The first-order valence-electron chi connectivity index (χ1n) is 5.12. The van der Waals surface area contributed by atoms with Gasteiger partial charge in [0.1, 0.15) is 11.6 Å². The Morgan fingerprint density at radius 3 is 2.59 bits per heavy atom. The van der Waals surface area contributed by atoms with Gasteiger partial charge in [-0.3, -0.25) is 4.40 Å². The molecule has 0 saturated heterocycles. The number of fused-ring (bicyclic) bond motifs is 1. The normalized spacial score (nSPS) is 10.9. The summed E-state index contributed by atoms with van der Waals surface area (Å²) in [7, 11) is 0. The number of aromatic nitrogens is 2. The average Bonchev–Trinajstić information content (AvgIpc) is 2.73. The third-order valence-corrected chi connectivity index (χ3v) is 3.06. The van der Waals surface area contributed by atoms with Crippen LogP contribution in [0.4, 0.5) is 4.39 Å². The van der Waals surface area contributed by atoms with Crippen molar-refractivity contribution in [3.8, 4) is 11.4 Å². The summed E-state index contributed by atoms with van der Waals surface area (Å²) in [5.41, 5.74) is 1.90. The molecule has 3 rings (SSSR count). The zero-order chi connectivity index (χ0) is 11.8. The van der Waals surface area contributed by atoms with Crippen LogP contribution in [0.3, 0.4) is 0 Å². The van der Waals surface area contributed by atoms with E-state index in [1.54, 1.807) is 18.3 Å². The zero-order valence-corrected chi connectivity index (χ0v) is 10.4. The molecule has 0 unspecified atom stereocenters. The van der Waals surface area contributed by atoms with Crippen LogP contribution < -0.4 is 0 Å². The maximum Gasteiger partial charge on any atom is 0.144 e. The van der Waals surface area contributed by atoms with Crippen molar-refractivity contribution >= 4 is 21.4 Å². The molecule has 84 valence electrons. The first-order valence-corrected chi connectivity index (χ1v) is 5.92. The Bertz CT molecular complexity index is 673. The number of nitrogens with zero attached hydrogens (tertiary/aromatic N) is 2. The second kappa shape index (κ2) is 3.96. The molecular formula is C13H8BrFN2. The molecule has 2 heterocycles. The second-order valence-electron chi connectivity index (χ2n) is 3.73. The molecule has 0 spiro atoms. The van der Waals surface area contributed by atoms with Crippen LogP contribution in [0, 0.1) is 5.82 Å². The van der Waals surface area contributed by atoms with E-state index in [9.17, 15) is 4.39 Å². The summed E-state index contributed by atoms with van der Waals surface area (Å²) < 4.78 is 15.8. The molecule has 0 atom stereocenters. The van der Waals surface area contributed by atoms with Gasteiger partial charge in [0.05, 0.1) is 11.7 Å². The van der Waals surface area contributed by atoms with Crippen LogP contribution in [0.15, 0.2) is 53.3 Å². The van der Waals surface area contributed by atoms with Crippen LogP contribution in [-0.2, 0) is 0 Å². The highest BCUT2D eigenvalue weighted by Gasteiger charge is 2.06. The van der Waals surface area contributed by atoms with Crippen molar-refractivity contribution in [2.75, 3.05) is 0 Å². The lowest BCUT2D eigenvalue weighted by Crippen LogP contribution is -1.89. The predicted molar refractivity (Wildman–Crippen MR) is 68.3 cm³/mol. The van der Waals surface area contributed by atoms with Crippen LogP contribution in [0.25, 0.3) is 16.9 Å². The molecule has 0 radical (unpaired) electrons. The Morgan fingerprint density at radius 2 is 1.82 bits per heavy atom. The molecule has 0 amide bonds. The molecule has 0 fully saturated rings. The molecule has 0 aliphatic heterocycles. The Kier molecular flexibility index (Phi) is 2.44. The van der Waals surface area contributed by atoms with Crippen molar-refractivity contribution in [2.24, 2.45) is 0 Å². The molecule has 1 aromatic carbocycles. The van der Waals surface area contributed by atoms with E-state index in [0.717, 1.165) is 21.4 Å². The van der Waals surface area contributed by atoms with Crippen molar-refractivity contribution in [3.63, 3.8) is 0 Å². The first-order chi connectivity index (χ1) is 8.24. The highest BCUT2D eigenvalue weighted by atomic mass is 79.9. The Hall–Kier alpha value is -1.68. The van der Waals surface area contributed by atoms with Crippen LogP contribution >= 0.6 is 15.9 Å². The maximum absolute atomic E-state index is 12.9. The lowest BCUT2D eigenvalue weighted by atomic mass is 10.2. The maximum atomic E-state index is 12.9. The van der Waals surface area contributed by atoms with Gasteiger partial charge in [-0.2, -0.15) is 0 Å². The Labute approximate surface area is 106 Å². The van der Waals surface area contributed by atoms with Crippen molar-refractivity contribution in [1.29, 1.82) is 0 Å². The van der Waals surface area contributed by atoms with E-state index in [1.165, 1.54) is 12.1 Å². The van der Waals surface area contributed by atoms with Gasteiger partial charge < -0.3 is 0 Å². The first kappa shape index (κ1) is 10.5. The summed E-state index contributed by atoms with van der Waals surface area (Å²) in [6.45, 7) is 0. The summed E-state index contributed by atoms with van der Waals surface area (Å²) in [5, 5.41) is 0. The Balaban J connectivity index is 2.23. The molecule has 0 aliphatic carbocycles. The van der Waals surface area contributed by atoms with E-state index >= 15 is 0 Å². The highest BCUT2D eigenvalue weighted by molar-refractivity contribution is 9.10. The van der Waals surface area contributed by atoms with Gasteiger partial charge in [0.25, 0.3) is 0 Å². The molecule has 0 aliphatic rings. The smallest absolute Gasteiger partial charge is 0.144 e. The number of pyridine rings is 1. The third kappa shape index (κ3) is 1.85. The molecule has 0 bridgehead atoms. The monoisotopic (exact) mass is 290 g/mol. The molecular weight excluding hydrogens is 283 g/mol. The highest BCUT2D eigenvalue weighted by Crippen LogP contribution is 2.22. The number of hydrogen-bond acceptors (Lipinski definition) is 1. The fraction of sp³-hybridized carbons (Fsp3) is 0. The average molecular weight is 291 g/mol. The number of rotatable bonds is 1. The summed E-state index contributed by atoms with van der Waals surface area (Å²) in [4.78, 5) is 4.36. The minimum absolute atomic E-state index is 0.240. The van der Waals surface area contributed by atoms with Crippen LogP contribution in [-0.4, -0.2) is 9.38 Å². The number of imidazole rings is 1. The van der Waals surface area contributed by atoms with Crippen LogP contribution in [0.2, 0.25) is 0 Å². The zero-order valence-electron chi connectivity index (χ0n) is 8.77. The van der Waals surface area contributed by atoms with E-state index < -0.39 is 0 Å². The van der Waals surface area contributed by atoms with Gasteiger partial charge in [-0.25, -0.2) is 9.37 Å². The van der Waals surface area contributed by atoms with Gasteiger partial charge in [-0.05, 0) is 52.3 Å². The SMILES string of the molecule is Fc1ccc(-c2ncc3ccc(Br)cn23)cc1. The lowest BCUT2D eigenvalue weighted by Gasteiger charge is -2.02. The predicted octanol–water partition coefficient (Wildman–Crippen LogP) is 3.90. The third-order valence-electron chi connectivity index (χ3n) is 2.59. The van der Waals surface area contributed by atoms with Gasteiger partial charge in [0, 0.05) is 16.2 Å². The number of benzene rings is 1. The van der Waals surface area contributed by atoms with E-state index in [1.807, 2.05) is 22.7 Å². The van der Waals surface area contributed by atoms with E-state index in [0.29, 0.717) is 0 Å². The standard InChI is InChI=1S/C13H8BrFN2/c14-10-3-6-12-7-16-13(17(12)8-10)9-1-4-11(15)5-2-9/h1-8H. The van der Waals surface area contributed by atoms with Crippen LogP contribution in [0.1, 0.15) is 0 Å². The minimum atomic E-state index is -0.240. The fourth-order valence-electron chi connectivity index (χ4n) is 1.78. The fourth-order valence-corrected chi connectivity index (χ4v) is 2.11. The molecule has 17 heavy (non-hydrogen) atoms. The van der Waals surface area contributed by atoms with Crippen molar-refractivity contribution < 1.29 is 4.39 Å². The van der Waals surface area contributed by atoms with Gasteiger partial charge in [-0.1, -0.05) is 0 Å². The molecule has 2 nitrogen and oxygen atoms in total. The molecule has 2 aromatic heterocycles. The van der Waals surface area contributed by atoms with Gasteiger partial charge in [0.15, 0.2) is 0 Å². The topological polar surface area (TPSA) is 17.3 Å². The Morgan fingerprint density at radius 1 is 1.06 bits per heavy atom. The largest absolute Gasteiger partial charge is 0.299 e. The van der Waals surface area contributed by atoms with Gasteiger partial charge in [-0.15, -0.1) is 0 Å².